The van der Waals surface area contributed by atoms with E-state index in [4.69, 9.17) is 5.84 Å². The molecule has 8 heteroatoms. The summed E-state index contributed by atoms with van der Waals surface area (Å²) >= 11 is 0. The Morgan fingerprint density at radius 1 is 1.69 bits per heavy atom. The Bertz CT molecular complexity index is 252. The number of hydrogen-bond donors (Lipinski definition) is 4. The number of nitrogens with zero attached hydrogens (tertiary/aromatic N) is 4. The SMILES string of the molecule is CCNC(=NCc1nn[nH]n1)NN. The van der Waals surface area contributed by atoms with Gasteiger partial charge in [0, 0.05) is 6.54 Å². The summed E-state index contributed by atoms with van der Waals surface area (Å²) in [6, 6.07) is 0. The number of aromatic nitrogens is 4. The summed E-state index contributed by atoms with van der Waals surface area (Å²) in [7, 11) is 0. The van der Waals surface area contributed by atoms with E-state index in [0.717, 1.165) is 6.54 Å². The molecule has 1 aromatic rings. The third-order valence-corrected chi connectivity index (χ3v) is 1.25. The average Bonchev–Trinajstić information content (AvgIpc) is 2.64. The van der Waals surface area contributed by atoms with E-state index in [-0.39, 0.29) is 0 Å². The van der Waals surface area contributed by atoms with Crippen LogP contribution in [0.1, 0.15) is 12.7 Å². The van der Waals surface area contributed by atoms with Gasteiger partial charge in [-0.1, -0.05) is 5.21 Å². The average molecular weight is 184 g/mol. The van der Waals surface area contributed by atoms with Crippen molar-refractivity contribution in [1.29, 1.82) is 0 Å². The van der Waals surface area contributed by atoms with Gasteiger partial charge in [-0.3, -0.25) is 5.43 Å². The smallest absolute Gasteiger partial charge is 0.206 e. The van der Waals surface area contributed by atoms with Gasteiger partial charge >= 0.3 is 0 Å². The van der Waals surface area contributed by atoms with Crippen LogP contribution in [0.2, 0.25) is 0 Å². The first kappa shape index (κ1) is 9.39. The summed E-state index contributed by atoms with van der Waals surface area (Å²) in [5, 5.41) is 16.1. The van der Waals surface area contributed by atoms with Gasteiger partial charge in [-0.2, -0.15) is 5.21 Å². The van der Waals surface area contributed by atoms with E-state index in [1.807, 2.05) is 6.92 Å². The Hall–Kier alpha value is -1.70. The van der Waals surface area contributed by atoms with Crippen LogP contribution in [-0.2, 0) is 6.54 Å². The lowest BCUT2D eigenvalue weighted by atomic mass is 10.6. The number of aromatic amines is 1. The van der Waals surface area contributed by atoms with Crippen molar-refractivity contribution in [2.45, 2.75) is 13.5 Å². The van der Waals surface area contributed by atoms with Crippen LogP contribution in [0, 0.1) is 0 Å². The van der Waals surface area contributed by atoms with Crippen molar-refractivity contribution in [3.05, 3.63) is 5.82 Å². The van der Waals surface area contributed by atoms with E-state index in [1.165, 1.54) is 0 Å². The number of hydrazine groups is 1. The zero-order chi connectivity index (χ0) is 9.52. The second-order valence-corrected chi connectivity index (χ2v) is 2.17. The van der Waals surface area contributed by atoms with Crippen LogP contribution in [0.5, 0.6) is 0 Å². The number of rotatable bonds is 3. The van der Waals surface area contributed by atoms with Crippen LogP contribution in [-0.4, -0.2) is 33.1 Å². The maximum Gasteiger partial charge on any atom is 0.206 e. The lowest BCUT2D eigenvalue weighted by Gasteiger charge is -2.04. The van der Waals surface area contributed by atoms with Crippen molar-refractivity contribution in [2.75, 3.05) is 6.54 Å². The first-order chi connectivity index (χ1) is 6.36. The van der Waals surface area contributed by atoms with E-state index in [1.54, 1.807) is 0 Å². The summed E-state index contributed by atoms with van der Waals surface area (Å²) in [6.07, 6.45) is 0. The fourth-order valence-corrected chi connectivity index (χ4v) is 0.719. The van der Waals surface area contributed by atoms with Gasteiger partial charge in [-0.05, 0) is 6.92 Å². The number of aliphatic imine (C=N–C) groups is 1. The fourth-order valence-electron chi connectivity index (χ4n) is 0.719. The van der Waals surface area contributed by atoms with Crippen LogP contribution in [0.4, 0.5) is 0 Å². The van der Waals surface area contributed by atoms with E-state index >= 15 is 0 Å². The first-order valence-corrected chi connectivity index (χ1v) is 3.84. The van der Waals surface area contributed by atoms with Gasteiger partial charge in [0.15, 0.2) is 5.82 Å². The molecule has 0 radical (unpaired) electrons. The molecular formula is C5H12N8. The number of H-pyrrole nitrogens is 1. The molecule has 0 fully saturated rings. The molecule has 8 nitrogen and oxygen atoms in total. The Balaban J connectivity index is 2.45. The van der Waals surface area contributed by atoms with Crippen molar-refractivity contribution >= 4 is 5.96 Å². The minimum Gasteiger partial charge on any atom is -0.356 e. The Morgan fingerprint density at radius 3 is 3.08 bits per heavy atom. The fraction of sp³-hybridized carbons (Fsp3) is 0.600. The van der Waals surface area contributed by atoms with E-state index in [2.05, 4.69) is 36.4 Å². The van der Waals surface area contributed by atoms with E-state index in [9.17, 15) is 0 Å². The second kappa shape index (κ2) is 5.04. The van der Waals surface area contributed by atoms with Gasteiger partial charge in [0.1, 0.15) is 6.54 Å². The lowest BCUT2D eigenvalue weighted by molar-refractivity contribution is 0.833. The first-order valence-electron chi connectivity index (χ1n) is 3.84. The van der Waals surface area contributed by atoms with Crippen molar-refractivity contribution < 1.29 is 0 Å². The number of tetrazole rings is 1. The van der Waals surface area contributed by atoms with E-state index in [0.29, 0.717) is 18.3 Å². The molecule has 0 aromatic carbocycles. The standard InChI is InChI=1S/C5H12N8/c1-2-7-5(9-6)8-3-4-10-12-13-11-4/h2-3,6H2,1H3,(H2,7,8,9)(H,10,11,12,13). The highest BCUT2D eigenvalue weighted by atomic mass is 15.5. The van der Waals surface area contributed by atoms with Gasteiger partial charge in [0.2, 0.25) is 5.96 Å². The molecule has 0 atom stereocenters. The molecule has 0 unspecified atom stereocenters. The zero-order valence-electron chi connectivity index (χ0n) is 7.28. The van der Waals surface area contributed by atoms with Crippen LogP contribution >= 0.6 is 0 Å². The highest BCUT2D eigenvalue weighted by molar-refractivity contribution is 5.78. The van der Waals surface area contributed by atoms with Crippen LogP contribution in [0.15, 0.2) is 4.99 Å². The van der Waals surface area contributed by atoms with Crippen molar-refractivity contribution in [1.82, 2.24) is 31.4 Å². The summed E-state index contributed by atoms with van der Waals surface area (Å²) in [4.78, 5) is 4.06. The third-order valence-electron chi connectivity index (χ3n) is 1.25. The summed E-state index contributed by atoms with van der Waals surface area (Å²) in [5.74, 6) is 6.22. The van der Waals surface area contributed by atoms with Crippen LogP contribution in [0.25, 0.3) is 0 Å². The lowest BCUT2D eigenvalue weighted by Crippen LogP contribution is -2.41. The van der Waals surface area contributed by atoms with Gasteiger partial charge in [-0.25, -0.2) is 10.8 Å². The number of guanidine groups is 1. The predicted octanol–water partition coefficient (Wildman–Crippen LogP) is -1.87. The maximum absolute atomic E-state index is 5.19. The van der Waals surface area contributed by atoms with Crippen LogP contribution in [0.3, 0.4) is 0 Å². The zero-order valence-corrected chi connectivity index (χ0v) is 7.28. The van der Waals surface area contributed by atoms with E-state index < -0.39 is 0 Å². The minimum atomic E-state index is 0.336. The summed E-state index contributed by atoms with van der Waals surface area (Å²) < 4.78 is 0. The maximum atomic E-state index is 5.19. The molecule has 0 amide bonds. The quantitative estimate of drug-likeness (QED) is 0.189. The molecule has 0 spiro atoms. The molecule has 72 valence electrons. The molecule has 0 aliphatic carbocycles. The predicted molar refractivity (Wildman–Crippen MR) is 46.3 cm³/mol. The molecule has 5 N–H and O–H groups in total. The molecular weight excluding hydrogens is 172 g/mol. The van der Waals surface area contributed by atoms with Gasteiger partial charge < -0.3 is 5.32 Å². The minimum absolute atomic E-state index is 0.336. The Kier molecular flexibility index (Phi) is 3.64. The van der Waals surface area contributed by atoms with Gasteiger partial charge in [0.05, 0.1) is 0 Å². The number of nitrogens with one attached hydrogen (secondary N) is 3. The summed E-state index contributed by atoms with van der Waals surface area (Å²) in [5.41, 5.74) is 2.42. The number of hydrogen-bond acceptors (Lipinski definition) is 5. The van der Waals surface area contributed by atoms with Crippen molar-refractivity contribution in [2.24, 2.45) is 10.8 Å². The topological polar surface area (TPSA) is 117 Å². The summed E-state index contributed by atoms with van der Waals surface area (Å²) in [6.45, 7) is 3.03. The highest BCUT2D eigenvalue weighted by Crippen LogP contribution is 1.86. The van der Waals surface area contributed by atoms with Gasteiger partial charge in [0.25, 0.3) is 0 Å². The monoisotopic (exact) mass is 184 g/mol. The third kappa shape index (κ3) is 3.03. The molecule has 1 aromatic heterocycles. The molecule has 1 rings (SSSR count). The molecule has 0 bridgehead atoms. The van der Waals surface area contributed by atoms with Crippen LogP contribution < -0.4 is 16.6 Å². The van der Waals surface area contributed by atoms with Crippen molar-refractivity contribution in [3.8, 4) is 0 Å². The largest absolute Gasteiger partial charge is 0.356 e. The molecule has 0 aliphatic heterocycles. The molecule has 0 aliphatic rings. The Morgan fingerprint density at radius 2 is 2.54 bits per heavy atom. The molecule has 1 heterocycles. The van der Waals surface area contributed by atoms with Crippen molar-refractivity contribution in [3.63, 3.8) is 0 Å². The second-order valence-electron chi connectivity index (χ2n) is 2.17. The normalized spacial score (nSPS) is 11.4. The number of nitrogens with two attached hydrogens (primary N) is 1. The molecule has 0 saturated carbocycles. The highest BCUT2D eigenvalue weighted by Gasteiger charge is 1.97. The van der Waals surface area contributed by atoms with Gasteiger partial charge in [-0.15, -0.1) is 10.2 Å². The Labute approximate surface area is 75.0 Å². The molecule has 13 heavy (non-hydrogen) atoms. The molecule has 0 saturated heterocycles.